The van der Waals surface area contributed by atoms with E-state index in [2.05, 4.69) is 5.32 Å². The van der Waals surface area contributed by atoms with Gasteiger partial charge in [0.05, 0.1) is 4.90 Å². The number of hydrogen-bond donors (Lipinski definition) is 1. The van der Waals surface area contributed by atoms with Gasteiger partial charge in [0.15, 0.2) is 0 Å². The molecule has 0 radical (unpaired) electrons. The Morgan fingerprint density at radius 3 is 2.37 bits per heavy atom. The Balaban J connectivity index is 1.73. The average molecular weight is 393 g/mol. The quantitative estimate of drug-likeness (QED) is 0.806. The minimum absolute atomic E-state index is 0.0163. The number of amides is 1. The number of rotatable bonds is 6. The Bertz CT molecular complexity index is 801. The van der Waals surface area contributed by atoms with Gasteiger partial charge >= 0.3 is 0 Å². The Kier molecular flexibility index (Phi) is 6.01. The summed E-state index contributed by atoms with van der Waals surface area (Å²) in [6.07, 6.45) is 4.06. The van der Waals surface area contributed by atoms with E-state index in [9.17, 15) is 18.0 Å². The molecule has 0 saturated heterocycles. The van der Waals surface area contributed by atoms with Gasteiger partial charge in [0.1, 0.15) is 5.78 Å². The van der Waals surface area contributed by atoms with Crippen LogP contribution in [0.4, 0.5) is 5.69 Å². The lowest BCUT2D eigenvalue weighted by Crippen LogP contribution is -2.40. The summed E-state index contributed by atoms with van der Waals surface area (Å²) in [5, 5.41) is 2.87. The van der Waals surface area contributed by atoms with Crippen molar-refractivity contribution in [2.24, 2.45) is 17.8 Å². The van der Waals surface area contributed by atoms with E-state index in [0.717, 1.165) is 19.3 Å². The Hall–Kier alpha value is -1.73. The highest BCUT2D eigenvalue weighted by Gasteiger charge is 2.41. The first-order chi connectivity index (χ1) is 12.9. The highest BCUT2D eigenvalue weighted by atomic mass is 32.2. The SMILES string of the molecule is CCN(CC)S(=O)(=O)c1cccc(NC(=O)C2C[C@H]3CCC[C@@H](C2)C3=O)c1. The van der Waals surface area contributed by atoms with Crippen molar-refractivity contribution in [3.8, 4) is 0 Å². The average Bonchev–Trinajstić information content (AvgIpc) is 2.62. The molecule has 2 aliphatic carbocycles. The Labute approximate surface area is 161 Å². The third kappa shape index (κ3) is 4.09. The zero-order chi connectivity index (χ0) is 19.6. The van der Waals surface area contributed by atoms with Gasteiger partial charge in [0.25, 0.3) is 0 Å². The van der Waals surface area contributed by atoms with Crippen LogP contribution in [0, 0.1) is 17.8 Å². The number of nitrogens with one attached hydrogen (secondary N) is 1. The number of benzene rings is 1. The maximum absolute atomic E-state index is 12.7. The molecule has 0 aromatic heterocycles. The minimum atomic E-state index is -3.57. The number of anilines is 1. The second-order valence-electron chi connectivity index (χ2n) is 7.50. The van der Waals surface area contributed by atoms with E-state index in [1.165, 1.54) is 10.4 Å². The van der Waals surface area contributed by atoms with E-state index in [1.54, 1.807) is 32.0 Å². The summed E-state index contributed by atoms with van der Waals surface area (Å²) in [5.74, 6) is 0.0701. The number of carbonyl (C=O) groups is 2. The summed E-state index contributed by atoms with van der Waals surface area (Å²) < 4.78 is 26.7. The molecule has 0 spiro atoms. The van der Waals surface area contributed by atoms with E-state index < -0.39 is 10.0 Å². The molecular weight excluding hydrogens is 364 g/mol. The molecule has 2 fully saturated rings. The lowest BCUT2D eigenvalue weighted by molar-refractivity contribution is -0.136. The fourth-order valence-electron chi connectivity index (χ4n) is 4.38. The van der Waals surface area contributed by atoms with Crippen molar-refractivity contribution < 1.29 is 18.0 Å². The van der Waals surface area contributed by atoms with E-state index in [0.29, 0.717) is 37.4 Å². The van der Waals surface area contributed by atoms with Crippen molar-refractivity contribution in [3.63, 3.8) is 0 Å². The van der Waals surface area contributed by atoms with Crippen LogP contribution >= 0.6 is 0 Å². The molecule has 1 unspecified atom stereocenters. The normalized spacial score (nSPS) is 25.4. The molecule has 1 amide bonds. The number of ketones is 1. The van der Waals surface area contributed by atoms with Crippen molar-refractivity contribution in [2.45, 2.75) is 50.8 Å². The van der Waals surface area contributed by atoms with E-state index in [1.807, 2.05) is 0 Å². The number of carbonyl (C=O) groups excluding carboxylic acids is 2. The standard InChI is InChI=1S/C20H28N2O4S/c1-3-22(4-2)27(25,26)18-10-6-9-17(13-18)21-20(24)16-11-14-7-5-8-15(12-16)19(14)23/h6,9-10,13-16H,3-5,7-8,11-12H2,1-2H3,(H,21,24)/t14-,15+,16?. The molecule has 148 valence electrons. The van der Waals surface area contributed by atoms with Gasteiger partial charge in [-0.3, -0.25) is 9.59 Å². The van der Waals surface area contributed by atoms with Gasteiger partial charge in [0.2, 0.25) is 15.9 Å². The molecule has 27 heavy (non-hydrogen) atoms. The number of fused-ring (bicyclic) bond motifs is 2. The number of Topliss-reactive ketones (excluding diaryl/α,β-unsaturated/α-hetero) is 1. The molecule has 2 saturated carbocycles. The third-order valence-corrected chi connectivity index (χ3v) is 7.91. The molecule has 2 aliphatic rings. The number of sulfonamides is 1. The molecule has 0 heterocycles. The molecule has 0 aliphatic heterocycles. The fourth-order valence-corrected chi connectivity index (χ4v) is 5.89. The minimum Gasteiger partial charge on any atom is -0.326 e. The monoisotopic (exact) mass is 392 g/mol. The van der Waals surface area contributed by atoms with Crippen LogP contribution in [0.1, 0.15) is 46.0 Å². The van der Waals surface area contributed by atoms with Crippen LogP contribution in [0.2, 0.25) is 0 Å². The van der Waals surface area contributed by atoms with Crippen LogP contribution in [0.25, 0.3) is 0 Å². The second-order valence-corrected chi connectivity index (χ2v) is 9.44. The lowest BCUT2D eigenvalue weighted by Gasteiger charge is -2.36. The van der Waals surface area contributed by atoms with E-state index in [-0.39, 0.29) is 28.6 Å². The highest BCUT2D eigenvalue weighted by Crippen LogP contribution is 2.40. The summed E-state index contributed by atoms with van der Waals surface area (Å²) >= 11 is 0. The van der Waals surface area contributed by atoms with Crippen molar-refractivity contribution in [1.82, 2.24) is 4.31 Å². The molecular formula is C20H28N2O4S. The van der Waals surface area contributed by atoms with Crippen molar-refractivity contribution >= 4 is 27.4 Å². The summed E-state index contributed by atoms with van der Waals surface area (Å²) in [7, 11) is -3.57. The van der Waals surface area contributed by atoms with E-state index >= 15 is 0 Å². The lowest BCUT2D eigenvalue weighted by atomic mass is 9.67. The Morgan fingerprint density at radius 2 is 1.78 bits per heavy atom. The zero-order valence-electron chi connectivity index (χ0n) is 16.0. The first-order valence-electron chi connectivity index (χ1n) is 9.81. The van der Waals surface area contributed by atoms with Crippen LogP contribution in [-0.4, -0.2) is 37.5 Å². The molecule has 2 bridgehead atoms. The molecule has 6 nitrogen and oxygen atoms in total. The molecule has 1 aromatic carbocycles. The first-order valence-corrected chi connectivity index (χ1v) is 11.3. The van der Waals surface area contributed by atoms with Gasteiger partial charge in [-0.15, -0.1) is 0 Å². The zero-order valence-corrected chi connectivity index (χ0v) is 16.8. The van der Waals surface area contributed by atoms with Crippen LogP contribution in [-0.2, 0) is 19.6 Å². The topological polar surface area (TPSA) is 83.6 Å². The number of nitrogens with zero attached hydrogens (tertiary/aromatic N) is 1. The van der Waals surface area contributed by atoms with Gasteiger partial charge in [-0.2, -0.15) is 4.31 Å². The van der Waals surface area contributed by atoms with Crippen LogP contribution in [0.15, 0.2) is 29.2 Å². The van der Waals surface area contributed by atoms with Crippen LogP contribution in [0.3, 0.4) is 0 Å². The molecule has 1 aromatic rings. The summed E-state index contributed by atoms with van der Waals surface area (Å²) in [6.45, 7) is 4.39. The second kappa shape index (κ2) is 8.10. The first kappa shape index (κ1) is 20.0. The van der Waals surface area contributed by atoms with Crippen molar-refractivity contribution in [1.29, 1.82) is 0 Å². The van der Waals surface area contributed by atoms with Crippen molar-refractivity contribution in [3.05, 3.63) is 24.3 Å². The van der Waals surface area contributed by atoms with Crippen LogP contribution < -0.4 is 5.32 Å². The highest BCUT2D eigenvalue weighted by molar-refractivity contribution is 7.89. The summed E-state index contributed by atoms with van der Waals surface area (Å²) in [5.41, 5.74) is 0.482. The van der Waals surface area contributed by atoms with Crippen molar-refractivity contribution in [2.75, 3.05) is 18.4 Å². The predicted molar refractivity (Wildman–Crippen MR) is 104 cm³/mol. The molecule has 3 rings (SSSR count). The van der Waals surface area contributed by atoms with Gasteiger partial charge in [0, 0.05) is 36.5 Å². The summed E-state index contributed by atoms with van der Waals surface area (Å²) in [6, 6.07) is 6.41. The summed E-state index contributed by atoms with van der Waals surface area (Å²) in [4.78, 5) is 25.1. The van der Waals surface area contributed by atoms with Crippen LogP contribution in [0.5, 0.6) is 0 Å². The van der Waals surface area contributed by atoms with Gasteiger partial charge < -0.3 is 5.32 Å². The van der Waals surface area contributed by atoms with Gasteiger partial charge in [-0.1, -0.05) is 26.3 Å². The maximum atomic E-state index is 12.7. The molecule has 1 N–H and O–H groups in total. The van der Waals surface area contributed by atoms with Gasteiger partial charge in [-0.05, 0) is 43.9 Å². The predicted octanol–water partition coefficient (Wildman–Crippen LogP) is 3.05. The van der Waals surface area contributed by atoms with E-state index in [4.69, 9.17) is 0 Å². The number of hydrogen-bond acceptors (Lipinski definition) is 4. The molecule has 7 heteroatoms. The van der Waals surface area contributed by atoms with Gasteiger partial charge in [-0.25, -0.2) is 8.42 Å². The fraction of sp³-hybridized carbons (Fsp3) is 0.600. The largest absolute Gasteiger partial charge is 0.326 e. The maximum Gasteiger partial charge on any atom is 0.243 e. The third-order valence-electron chi connectivity index (χ3n) is 5.86. The Morgan fingerprint density at radius 1 is 1.15 bits per heavy atom. The molecule has 3 atom stereocenters. The smallest absolute Gasteiger partial charge is 0.243 e.